The number of nitrogens with two attached hydrogens (primary N) is 1. The Morgan fingerprint density at radius 1 is 1.59 bits per heavy atom. The fraction of sp³-hybridized carbons (Fsp3) is 0.417. The van der Waals surface area contributed by atoms with Crippen LogP contribution in [0.1, 0.15) is 19.8 Å². The first-order chi connectivity index (χ1) is 8.02. The number of anilines is 1. The van der Waals surface area contributed by atoms with Crippen molar-refractivity contribution in [2.45, 2.75) is 19.8 Å². The fourth-order valence-electron chi connectivity index (χ4n) is 1.29. The van der Waals surface area contributed by atoms with Gasteiger partial charge in [-0.15, -0.1) is 0 Å². The molecule has 1 aromatic carbocycles. The molecule has 0 saturated heterocycles. The summed E-state index contributed by atoms with van der Waals surface area (Å²) < 4.78 is 12.9. The van der Waals surface area contributed by atoms with Crippen LogP contribution in [0, 0.1) is 11.7 Å². The lowest BCUT2D eigenvalue weighted by Crippen LogP contribution is -2.16. The summed E-state index contributed by atoms with van der Waals surface area (Å²) in [6.07, 6.45) is 1.13. The van der Waals surface area contributed by atoms with E-state index in [-0.39, 0.29) is 10.9 Å². The Kier molecular flexibility index (Phi) is 5.38. The average molecular weight is 259 g/mol. The van der Waals surface area contributed by atoms with Crippen LogP contribution in [0.5, 0.6) is 0 Å². The standard InChI is InChI=1S/C12H16ClFN2O/c1-8(7-15)2-5-12(17)16-9-3-4-11(14)10(13)6-9/h3-4,6,8H,2,5,7,15H2,1H3,(H,16,17). The summed E-state index contributed by atoms with van der Waals surface area (Å²) in [5, 5.41) is 2.66. The molecule has 0 saturated carbocycles. The van der Waals surface area contributed by atoms with Gasteiger partial charge in [0.25, 0.3) is 0 Å². The molecule has 0 aromatic heterocycles. The summed E-state index contributed by atoms with van der Waals surface area (Å²) in [6.45, 7) is 2.55. The van der Waals surface area contributed by atoms with Gasteiger partial charge in [-0.05, 0) is 37.1 Å². The van der Waals surface area contributed by atoms with E-state index in [9.17, 15) is 9.18 Å². The molecule has 0 spiro atoms. The summed E-state index contributed by atoms with van der Waals surface area (Å²) in [5.74, 6) is -0.299. The molecule has 94 valence electrons. The Labute approximate surface area is 105 Å². The van der Waals surface area contributed by atoms with Crippen LogP contribution in [0.25, 0.3) is 0 Å². The molecule has 0 bridgehead atoms. The van der Waals surface area contributed by atoms with E-state index >= 15 is 0 Å². The van der Waals surface area contributed by atoms with E-state index in [1.54, 1.807) is 0 Å². The maximum atomic E-state index is 12.9. The number of hydrogen-bond donors (Lipinski definition) is 2. The predicted octanol–water partition coefficient (Wildman–Crippen LogP) is 2.79. The minimum atomic E-state index is -0.499. The summed E-state index contributed by atoms with van der Waals surface area (Å²) >= 11 is 5.60. The van der Waals surface area contributed by atoms with Gasteiger partial charge in [0.1, 0.15) is 5.82 Å². The van der Waals surface area contributed by atoms with Crippen LogP contribution >= 0.6 is 11.6 Å². The third kappa shape index (κ3) is 4.71. The molecule has 1 amide bonds. The molecule has 5 heteroatoms. The van der Waals surface area contributed by atoms with E-state index in [2.05, 4.69) is 5.32 Å². The molecule has 1 rings (SSSR count). The van der Waals surface area contributed by atoms with Crippen molar-refractivity contribution in [2.75, 3.05) is 11.9 Å². The molecular weight excluding hydrogens is 243 g/mol. The lowest BCUT2D eigenvalue weighted by Gasteiger charge is -2.09. The predicted molar refractivity (Wildman–Crippen MR) is 67.5 cm³/mol. The van der Waals surface area contributed by atoms with Crippen molar-refractivity contribution in [3.63, 3.8) is 0 Å². The Hall–Kier alpha value is -1.13. The van der Waals surface area contributed by atoms with Crippen molar-refractivity contribution in [1.29, 1.82) is 0 Å². The molecule has 0 fully saturated rings. The molecule has 0 aliphatic heterocycles. The number of carbonyl (C=O) groups excluding carboxylic acids is 1. The number of amides is 1. The Bertz CT molecular complexity index is 398. The summed E-state index contributed by atoms with van der Waals surface area (Å²) in [5.41, 5.74) is 5.96. The minimum Gasteiger partial charge on any atom is -0.330 e. The number of nitrogens with one attached hydrogen (secondary N) is 1. The second-order valence-electron chi connectivity index (χ2n) is 4.06. The van der Waals surface area contributed by atoms with Crippen molar-refractivity contribution in [3.05, 3.63) is 29.0 Å². The molecule has 0 radical (unpaired) electrons. The second-order valence-corrected chi connectivity index (χ2v) is 4.46. The number of carbonyl (C=O) groups is 1. The smallest absolute Gasteiger partial charge is 0.224 e. The average Bonchev–Trinajstić information content (AvgIpc) is 2.31. The van der Waals surface area contributed by atoms with E-state index < -0.39 is 5.82 Å². The van der Waals surface area contributed by atoms with Gasteiger partial charge in [-0.3, -0.25) is 4.79 Å². The zero-order valence-corrected chi connectivity index (χ0v) is 10.4. The van der Waals surface area contributed by atoms with Crippen LogP contribution in [-0.2, 0) is 4.79 Å². The first kappa shape index (κ1) is 13.9. The highest BCUT2D eigenvalue weighted by Crippen LogP contribution is 2.19. The van der Waals surface area contributed by atoms with E-state index in [1.165, 1.54) is 18.2 Å². The van der Waals surface area contributed by atoms with E-state index in [0.717, 1.165) is 6.42 Å². The van der Waals surface area contributed by atoms with Crippen LogP contribution in [0.15, 0.2) is 18.2 Å². The van der Waals surface area contributed by atoms with E-state index in [0.29, 0.717) is 24.6 Å². The van der Waals surface area contributed by atoms with Gasteiger partial charge in [0.2, 0.25) is 5.91 Å². The first-order valence-electron chi connectivity index (χ1n) is 5.48. The highest BCUT2D eigenvalue weighted by molar-refractivity contribution is 6.31. The number of benzene rings is 1. The molecule has 1 aromatic rings. The molecular formula is C12H16ClFN2O. The summed E-state index contributed by atoms with van der Waals surface area (Å²) in [6, 6.07) is 4.09. The normalized spacial score (nSPS) is 12.2. The van der Waals surface area contributed by atoms with Gasteiger partial charge in [-0.25, -0.2) is 4.39 Å². The minimum absolute atomic E-state index is 0.00173. The molecule has 0 aliphatic rings. The molecule has 0 aliphatic carbocycles. The third-order valence-corrected chi connectivity index (χ3v) is 2.76. The van der Waals surface area contributed by atoms with E-state index in [1.807, 2.05) is 6.92 Å². The molecule has 0 heterocycles. The molecule has 17 heavy (non-hydrogen) atoms. The van der Waals surface area contributed by atoms with Crippen molar-refractivity contribution in [2.24, 2.45) is 11.7 Å². The molecule has 1 atom stereocenters. The van der Waals surface area contributed by atoms with Gasteiger partial charge in [-0.2, -0.15) is 0 Å². The van der Waals surface area contributed by atoms with Crippen molar-refractivity contribution < 1.29 is 9.18 Å². The zero-order chi connectivity index (χ0) is 12.8. The highest BCUT2D eigenvalue weighted by Gasteiger charge is 2.07. The van der Waals surface area contributed by atoms with Gasteiger partial charge < -0.3 is 11.1 Å². The maximum absolute atomic E-state index is 12.9. The molecule has 1 unspecified atom stereocenters. The lowest BCUT2D eigenvalue weighted by atomic mass is 10.1. The van der Waals surface area contributed by atoms with Crippen LogP contribution in [0.3, 0.4) is 0 Å². The number of rotatable bonds is 5. The Morgan fingerprint density at radius 2 is 2.29 bits per heavy atom. The Balaban J connectivity index is 2.48. The van der Waals surface area contributed by atoms with Gasteiger partial charge >= 0.3 is 0 Å². The van der Waals surface area contributed by atoms with Gasteiger partial charge in [0, 0.05) is 12.1 Å². The van der Waals surface area contributed by atoms with Crippen molar-refractivity contribution >= 4 is 23.2 Å². The molecule has 3 nitrogen and oxygen atoms in total. The SMILES string of the molecule is CC(CN)CCC(=O)Nc1ccc(F)c(Cl)c1. The molecule has 3 N–H and O–H groups in total. The Morgan fingerprint density at radius 3 is 2.88 bits per heavy atom. The fourth-order valence-corrected chi connectivity index (χ4v) is 1.47. The second kappa shape index (κ2) is 6.57. The van der Waals surface area contributed by atoms with Crippen LogP contribution in [0.4, 0.5) is 10.1 Å². The quantitative estimate of drug-likeness (QED) is 0.853. The monoisotopic (exact) mass is 258 g/mol. The van der Waals surface area contributed by atoms with E-state index in [4.69, 9.17) is 17.3 Å². The largest absolute Gasteiger partial charge is 0.330 e. The van der Waals surface area contributed by atoms with Crippen molar-refractivity contribution in [3.8, 4) is 0 Å². The van der Waals surface area contributed by atoms with Gasteiger partial charge in [0.05, 0.1) is 5.02 Å². The van der Waals surface area contributed by atoms with Gasteiger partial charge in [0.15, 0.2) is 0 Å². The maximum Gasteiger partial charge on any atom is 0.224 e. The highest BCUT2D eigenvalue weighted by atomic mass is 35.5. The number of halogens is 2. The number of hydrogen-bond acceptors (Lipinski definition) is 2. The summed E-state index contributed by atoms with van der Waals surface area (Å²) in [7, 11) is 0. The summed E-state index contributed by atoms with van der Waals surface area (Å²) in [4.78, 5) is 11.5. The first-order valence-corrected chi connectivity index (χ1v) is 5.85. The van der Waals surface area contributed by atoms with Crippen LogP contribution in [-0.4, -0.2) is 12.5 Å². The van der Waals surface area contributed by atoms with Crippen molar-refractivity contribution in [1.82, 2.24) is 0 Å². The zero-order valence-electron chi connectivity index (χ0n) is 9.67. The third-order valence-electron chi connectivity index (χ3n) is 2.47. The lowest BCUT2D eigenvalue weighted by molar-refractivity contribution is -0.116. The van der Waals surface area contributed by atoms with Gasteiger partial charge in [-0.1, -0.05) is 18.5 Å². The topological polar surface area (TPSA) is 55.1 Å². The van der Waals surface area contributed by atoms with Crippen LogP contribution in [0.2, 0.25) is 5.02 Å². The van der Waals surface area contributed by atoms with Crippen LogP contribution < -0.4 is 11.1 Å².